The van der Waals surface area contributed by atoms with Crippen LogP contribution in [0.1, 0.15) is 34.3 Å². The number of aryl methyl sites for hydroxylation is 1. The minimum atomic E-state index is -0.0275. The van der Waals surface area contributed by atoms with Gasteiger partial charge in [-0.2, -0.15) is 0 Å². The SMILES string of the molecule is Cc1ccc(CN2CCCC(NC(=O)c3cccnc3)C2)cc1. The van der Waals surface area contributed by atoms with Gasteiger partial charge in [0.1, 0.15) is 0 Å². The molecule has 4 nitrogen and oxygen atoms in total. The second kappa shape index (κ2) is 7.38. The summed E-state index contributed by atoms with van der Waals surface area (Å²) in [5.74, 6) is -0.0275. The molecule has 1 aliphatic rings. The summed E-state index contributed by atoms with van der Waals surface area (Å²) >= 11 is 0. The maximum absolute atomic E-state index is 12.2. The number of carbonyl (C=O) groups is 1. The van der Waals surface area contributed by atoms with Crippen molar-refractivity contribution in [1.29, 1.82) is 0 Å². The van der Waals surface area contributed by atoms with Gasteiger partial charge in [-0.05, 0) is 44.0 Å². The topological polar surface area (TPSA) is 45.2 Å². The molecule has 0 radical (unpaired) electrons. The maximum atomic E-state index is 12.2. The maximum Gasteiger partial charge on any atom is 0.253 e. The lowest BCUT2D eigenvalue weighted by Gasteiger charge is -2.33. The molecule has 120 valence electrons. The molecule has 4 heteroatoms. The monoisotopic (exact) mass is 309 g/mol. The lowest BCUT2D eigenvalue weighted by molar-refractivity contribution is 0.0900. The fourth-order valence-electron chi connectivity index (χ4n) is 3.03. The van der Waals surface area contributed by atoms with Crippen LogP contribution in [-0.4, -0.2) is 34.9 Å². The molecule has 1 aromatic carbocycles. The number of piperidine rings is 1. The molecule has 1 atom stereocenters. The molecule has 0 spiro atoms. The smallest absolute Gasteiger partial charge is 0.253 e. The molecule has 2 heterocycles. The predicted molar refractivity (Wildman–Crippen MR) is 91.2 cm³/mol. The third kappa shape index (κ3) is 4.39. The van der Waals surface area contributed by atoms with Crippen LogP contribution < -0.4 is 5.32 Å². The first kappa shape index (κ1) is 15.7. The molecule has 1 aliphatic heterocycles. The van der Waals surface area contributed by atoms with Crippen LogP contribution >= 0.6 is 0 Å². The molecule has 1 amide bonds. The van der Waals surface area contributed by atoms with Crippen molar-refractivity contribution in [3.8, 4) is 0 Å². The molecule has 3 rings (SSSR count). The number of aromatic nitrogens is 1. The number of amides is 1. The third-order valence-electron chi connectivity index (χ3n) is 4.29. The number of pyridine rings is 1. The van der Waals surface area contributed by atoms with Gasteiger partial charge in [-0.1, -0.05) is 29.8 Å². The van der Waals surface area contributed by atoms with E-state index in [4.69, 9.17) is 0 Å². The number of carbonyl (C=O) groups excluding carboxylic acids is 1. The van der Waals surface area contributed by atoms with Gasteiger partial charge in [-0.3, -0.25) is 14.7 Å². The molecule has 0 bridgehead atoms. The van der Waals surface area contributed by atoms with Crippen LogP contribution in [0.5, 0.6) is 0 Å². The molecule has 23 heavy (non-hydrogen) atoms. The molecule has 0 aliphatic carbocycles. The lowest BCUT2D eigenvalue weighted by atomic mass is 10.0. The molecule has 1 unspecified atom stereocenters. The zero-order valence-electron chi connectivity index (χ0n) is 13.5. The van der Waals surface area contributed by atoms with Gasteiger partial charge >= 0.3 is 0 Å². The number of hydrogen-bond donors (Lipinski definition) is 1. The van der Waals surface area contributed by atoms with Crippen LogP contribution in [0.25, 0.3) is 0 Å². The molecule has 1 saturated heterocycles. The van der Waals surface area contributed by atoms with E-state index in [1.165, 1.54) is 11.1 Å². The number of benzene rings is 1. The number of hydrogen-bond acceptors (Lipinski definition) is 3. The van der Waals surface area contributed by atoms with Crippen molar-refractivity contribution in [1.82, 2.24) is 15.2 Å². The molecular formula is C19H23N3O. The molecule has 1 aromatic heterocycles. The van der Waals surface area contributed by atoms with Crippen LogP contribution in [-0.2, 0) is 6.54 Å². The summed E-state index contributed by atoms with van der Waals surface area (Å²) in [5.41, 5.74) is 3.24. The average molecular weight is 309 g/mol. The predicted octanol–water partition coefficient (Wildman–Crippen LogP) is 2.78. The fraction of sp³-hybridized carbons (Fsp3) is 0.368. The number of nitrogens with one attached hydrogen (secondary N) is 1. The summed E-state index contributed by atoms with van der Waals surface area (Å²) in [6.45, 7) is 5.04. The molecule has 1 N–H and O–H groups in total. The zero-order chi connectivity index (χ0) is 16.1. The largest absolute Gasteiger partial charge is 0.348 e. The summed E-state index contributed by atoms with van der Waals surface area (Å²) in [6.07, 6.45) is 5.45. The van der Waals surface area contributed by atoms with Gasteiger partial charge < -0.3 is 5.32 Å². The van der Waals surface area contributed by atoms with Gasteiger partial charge in [0.15, 0.2) is 0 Å². The second-order valence-electron chi connectivity index (χ2n) is 6.28. The standard InChI is InChI=1S/C19H23N3O/c1-15-6-8-16(9-7-15)13-22-11-3-5-18(14-22)21-19(23)17-4-2-10-20-12-17/h2,4,6-10,12,18H,3,5,11,13-14H2,1H3,(H,21,23). The highest BCUT2D eigenvalue weighted by molar-refractivity contribution is 5.94. The summed E-state index contributed by atoms with van der Waals surface area (Å²) in [7, 11) is 0. The van der Waals surface area contributed by atoms with Crippen LogP contribution in [0.2, 0.25) is 0 Å². The van der Waals surface area contributed by atoms with Crippen LogP contribution in [0.15, 0.2) is 48.8 Å². The fourth-order valence-corrected chi connectivity index (χ4v) is 3.03. The average Bonchev–Trinajstić information content (AvgIpc) is 2.58. The Morgan fingerprint density at radius 3 is 2.87 bits per heavy atom. The first-order chi connectivity index (χ1) is 11.2. The third-order valence-corrected chi connectivity index (χ3v) is 4.29. The zero-order valence-corrected chi connectivity index (χ0v) is 13.5. The normalized spacial score (nSPS) is 18.6. The first-order valence-corrected chi connectivity index (χ1v) is 8.19. The Balaban J connectivity index is 1.55. The van der Waals surface area contributed by atoms with E-state index >= 15 is 0 Å². The second-order valence-corrected chi connectivity index (χ2v) is 6.28. The minimum Gasteiger partial charge on any atom is -0.348 e. The molecule has 2 aromatic rings. The minimum absolute atomic E-state index is 0.0275. The summed E-state index contributed by atoms with van der Waals surface area (Å²) in [5, 5.41) is 3.14. The lowest BCUT2D eigenvalue weighted by Crippen LogP contribution is -2.47. The highest BCUT2D eigenvalue weighted by atomic mass is 16.1. The number of nitrogens with zero attached hydrogens (tertiary/aromatic N) is 2. The van der Waals surface area contributed by atoms with Crippen LogP contribution in [0, 0.1) is 6.92 Å². The van der Waals surface area contributed by atoms with Gasteiger partial charge in [0.25, 0.3) is 5.91 Å². The Morgan fingerprint density at radius 2 is 2.13 bits per heavy atom. The Bertz CT molecular complexity index is 639. The quantitative estimate of drug-likeness (QED) is 0.944. The summed E-state index contributed by atoms with van der Waals surface area (Å²) in [4.78, 5) is 18.7. The van der Waals surface area contributed by atoms with E-state index in [-0.39, 0.29) is 11.9 Å². The molecule has 1 fully saturated rings. The van der Waals surface area contributed by atoms with Crippen molar-refractivity contribution in [3.05, 3.63) is 65.5 Å². The molecular weight excluding hydrogens is 286 g/mol. The Labute approximate surface area is 137 Å². The van der Waals surface area contributed by atoms with Crippen LogP contribution in [0.4, 0.5) is 0 Å². The number of rotatable bonds is 4. The summed E-state index contributed by atoms with van der Waals surface area (Å²) in [6, 6.07) is 12.5. The number of likely N-dealkylation sites (tertiary alicyclic amines) is 1. The van der Waals surface area contributed by atoms with E-state index in [9.17, 15) is 4.79 Å². The van der Waals surface area contributed by atoms with Crippen molar-refractivity contribution >= 4 is 5.91 Å². The van der Waals surface area contributed by atoms with Gasteiger partial charge in [-0.25, -0.2) is 0 Å². The van der Waals surface area contributed by atoms with Crippen molar-refractivity contribution in [3.63, 3.8) is 0 Å². The van der Waals surface area contributed by atoms with E-state index in [1.54, 1.807) is 24.5 Å². The van der Waals surface area contributed by atoms with Crippen molar-refractivity contribution in [2.45, 2.75) is 32.4 Å². The van der Waals surface area contributed by atoms with Gasteiger partial charge in [-0.15, -0.1) is 0 Å². The Hall–Kier alpha value is -2.20. The summed E-state index contributed by atoms with van der Waals surface area (Å²) < 4.78 is 0. The van der Waals surface area contributed by atoms with Crippen molar-refractivity contribution < 1.29 is 4.79 Å². The first-order valence-electron chi connectivity index (χ1n) is 8.19. The highest BCUT2D eigenvalue weighted by Gasteiger charge is 2.21. The Kier molecular flexibility index (Phi) is 5.03. The van der Waals surface area contributed by atoms with E-state index in [1.807, 2.05) is 0 Å². The van der Waals surface area contributed by atoms with Gasteiger partial charge in [0, 0.05) is 31.5 Å². The Morgan fingerprint density at radius 1 is 1.30 bits per heavy atom. The van der Waals surface area contributed by atoms with E-state index in [0.717, 1.165) is 32.5 Å². The molecule has 0 saturated carbocycles. The van der Waals surface area contributed by atoms with Crippen LogP contribution in [0.3, 0.4) is 0 Å². The van der Waals surface area contributed by atoms with Gasteiger partial charge in [0.05, 0.1) is 5.56 Å². The van der Waals surface area contributed by atoms with Gasteiger partial charge in [0.2, 0.25) is 0 Å². The van der Waals surface area contributed by atoms with Crippen molar-refractivity contribution in [2.24, 2.45) is 0 Å². The highest BCUT2D eigenvalue weighted by Crippen LogP contribution is 2.15. The van der Waals surface area contributed by atoms with E-state index in [0.29, 0.717) is 5.56 Å². The van der Waals surface area contributed by atoms with E-state index in [2.05, 4.69) is 46.4 Å². The van der Waals surface area contributed by atoms with E-state index < -0.39 is 0 Å². The van der Waals surface area contributed by atoms with Crippen molar-refractivity contribution in [2.75, 3.05) is 13.1 Å².